The monoisotopic (exact) mass is 214 g/mol. The zero-order valence-electron chi connectivity index (χ0n) is 9.70. The first-order valence-corrected chi connectivity index (χ1v) is 5.62. The van der Waals surface area contributed by atoms with Gasteiger partial charge in [0, 0.05) is 45.3 Å². The van der Waals surface area contributed by atoms with Crippen LogP contribution in [0.2, 0.25) is 0 Å². The second-order valence-corrected chi connectivity index (χ2v) is 4.14. The van der Waals surface area contributed by atoms with Crippen LogP contribution in [0.5, 0.6) is 0 Å². The van der Waals surface area contributed by atoms with Crippen LogP contribution in [0.1, 0.15) is 13.8 Å². The zero-order valence-corrected chi connectivity index (χ0v) is 9.70. The molecule has 0 aromatic rings. The summed E-state index contributed by atoms with van der Waals surface area (Å²) in [7, 11) is 0. The van der Waals surface area contributed by atoms with Gasteiger partial charge in [0.15, 0.2) is 0 Å². The number of nitrogens with one attached hydrogen (secondary N) is 1. The van der Waals surface area contributed by atoms with Gasteiger partial charge in [-0.2, -0.15) is 0 Å². The van der Waals surface area contributed by atoms with Gasteiger partial charge in [-0.15, -0.1) is 0 Å². The summed E-state index contributed by atoms with van der Waals surface area (Å²) in [4.78, 5) is 15.8. The van der Waals surface area contributed by atoms with Crippen LogP contribution in [0.15, 0.2) is 0 Å². The zero-order chi connectivity index (χ0) is 11.3. The number of carbonyl (C=O) groups is 1. The second-order valence-electron chi connectivity index (χ2n) is 4.14. The number of hydrogen-bond donors (Lipinski definition) is 2. The molecule has 0 bridgehead atoms. The molecule has 88 valence electrons. The van der Waals surface area contributed by atoms with E-state index in [2.05, 4.69) is 24.1 Å². The van der Waals surface area contributed by atoms with Crippen molar-refractivity contribution < 1.29 is 4.79 Å². The molecule has 0 atom stereocenters. The van der Waals surface area contributed by atoms with Gasteiger partial charge in [0.05, 0.1) is 0 Å². The van der Waals surface area contributed by atoms with Crippen molar-refractivity contribution in [3.63, 3.8) is 0 Å². The number of piperazine rings is 1. The first kappa shape index (κ1) is 12.3. The Bertz CT molecular complexity index is 200. The number of rotatable bonds is 3. The Labute approximate surface area is 91.6 Å². The SMILES string of the molecule is CC(C)N1CCN(C(=O)NCCN)CC1. The Kier molecular flexibility index (Phi) is 4.84. The molecule has 1 aliphatic heterocycles. The lowest BCUT2D eigenvalue weighted by atomic mass is 10.2. The third-order valence-electron chi connectivity index (χ3n) is 2.75. The summed E-state index contributed by atoms with van der Waals surface area (Å²) in [5.41, 5.74) is 5.33. The molecular weight excluding hydrogens is 192 g/mol. The summed E-state index contributed by atoms with van der Waals surface area (Å²) in [6.07, 6.45) is 0. The number of hydrogen-bond acceptors (Lipinski definition) is 3. The fraction of sp³-hybridized carbons (Fsp3) is 0.900. The van der Waals surface area contributed by atoms with Crippen LogP contribution in [0.25, 0.3) is 0 Å². The van der Waals surface area contributed by atoms with Crippen molar-refractivity contribution >= 4 is 6.03 Å². The van der Waals surface area contributed by atoms with Gasteiger partial charge in [-0.1, -0.05) is 0 Å². The van der Waals surface area contributed by atoms with Gasteiger partial charge >= 0.3 is 6.03 Å². The molecule has 5 heteroatoms. The molecule has 0 spiro atoms. The average molecular weight is 214 g/mol. The Morgan fingerprint density at radius 3 is 2.40 bits per heavy atom. The number of urea groups is 1. The average Bonchev–Trinajstić information content (AvgIpc) is 2.26. The van der Waals surface area contributed by atoms with E-state index < -0.39 is 0 Å². The molecule has 0 saturated carbocycles. The van der Waals surface area contributed by atoms with Gasteiger partial charge in [0.25, 0.3) is 0 Å². The largest absolute Gasteiger partial charge is 0.337 e. The third-order valence-corrected chi connectivity index (χ3v) is 2.75. The van der Waals surface area contributed by atoms with Crippen molar-refractivity contribution in [1.82, 2.24) is 15.1 Å². The van der Waals surface area contributed by atoms with E-state index in [0.29, 0.717) is 19.1 Å². The first-order valence-electron chi connectivity index (χ1n) is 5.62. The van der Waals surface area contributed by atoms with Crippen molar-refractivity contribution in [2.45, 2.75) is 19.9 Å². The first-order chi connectivity index (χ1) is 7.15. The highest BCUT2D eigenvalue weighted by Gasteiger charge is 2.21. The van der Waals surface area contributed by atoms with E-state index >= 15 is 0 Å². The lowest BCUT2D eigenvalue weighted by molar-refractivity contribution is 0.119. The van der Waals surface area contributed by atoms with Gasteiger partial charge in [-0.05, 0) is 13.8 Å². The predicted molar refractivity (Wildman–Crippen MR) is 60.7 cm³/mol. The van der Waals surface area contributed by atoms with Crippen LogP contribution >= 0.6 is 0 Å². The quantitative estimate of drug-likeness (QED) is 0.677. The van der Waals surface area contributed by atoms with E-state index in [1.807, 2.05) is 4.90 Å². The van der Waals surface area contributed by atoms with Crippen molar-refractivity contribution in [2.75, 3.05) is 39.3 Å². The molecule has 2 amide bonds. The van der Waals surface area contributed by atoms with E-state index in [-0.39, 0.29) is 6.03 Å². The molecule has 0 unspecified atom stereocenters. The van der Waals surface area contributed by atoms with Crippen molar-refractivity contribution in [3.8, 4) is 0 Å². The standard InChI is InChI=1S/C10H22N4O/c1-9(2)13-5-7-14(8-6-13)10(15)12-4-3-11/h9H,3-8,11H2,1-2H3,(H,12,15). The van der Waals surface area contributed by atoms with E-state index in [1.165, 1.54) is 0 Å². The van der Waals surface area contributed by atoms with Crippen molar-refractivity contribution in [3.05, 3.63) is 0 Å². The minimum Gasteiger partial charge on any atom is -0.337 e. The highest BCUT2D eigenvalue weighted by molar-refractivity contribution is 5.74. The summed E-state index contributed by atoms with van der Waals surface area (Å²) >= 11 is 0. The normalized spacial score (nSPS) is 18.3. The molecule has 5 nitrogen and oxygen atoms in total. The van der Waals surface area contributed by atoms with Gasteiger partial charge in [-0.25, -0.2) is 4.79 Å². The van der Waals surface area contributed by atoms with E-state index in [9.17, 15) is 4.79 Å². The minimum atomic E-state index is 0.0175. The van der Waals surface area contributed by atoms with E-state index in [4.69, 9.17) is 5.73 Å². The van der Waals surface area contributed by atoms with E-state index in [1.54, 1.807) is 0 Å². The highest BCUT2D eigenvalue weighted by Crippen LogP contribution is 2.05. The van der Waals surface area contributed by atoms with Crippen LogP contribution in [-0.4, -0.2) is 61.1 Å². The number of amides is 2. The maximum absolute atomic E-state index is 11.6. The van der Waals surface area contributed by atoms with Gasteiger partial charge in [-0.3, -0.25) is 4.90 Å². The van der Waals surface area contributed by atoms with Gasteiger partial charge in [0.1, 0.15) is 0 Å². The van der Waals surface area contributed by atoms with Crippen LogP contribution in [0.3, 0.4) is 0 Å². The summed E-state index contributed by atoms with van der Waals surface area (Å²) < 4.78 is 0. The fourth-order valence-electron chi connectivity index (χ4n) is 1.73. The topological polar surface area (TPSA) is 61.6 Å². The van der Waals surface area contributed by atoms with Gasteiger partial charge < -0.3 is 16.0 Å². The van der Waals surface area contributed by atoms with Crippen molar-refractivity contribution in [2.24, 2.45) is 5.73 Å². The second kappa shape index (κ2) is 5.92. The Morgan fingerprint density at radius 1 is 1.33 bits per heavy atom. The number of nitrogens with two attached hydrogens (primary N) is 1. The summed E-state index contributed by atoms with van der Waals surface area (Å²) in [5, 5.41) is 2.79. The molecule has 15 heavy (non-hydrogen) atoms. The Morgan fingerprint density at radius 2 is 1.93 bits per heavy atom. The lowest BCUT2D eigenvalue weighted by Gasteiger charge is -2.36. The van der Waals surface area contributed by atoms with Crippen molar-refractivity contribution in [1.29, 1.82) is 0 Å². The van der Waals surface area contributed by atoms with E-state index in [0.717, 1.165) is 26.2 Å². The molecule has 0 aliphatic carbocycles. The molecule has 0 aromatic carbocycles. The number of carbonyl (C=O) groups excluding carboxylic acids is 1. The molecule has 0 aromatic heterocycles. The van der Waals surface area contributed by atoms with Crippen LogP contribution in [-0.2, 0) is 0 Å². The van der Waals surface area contributed by atoms with Crippen LogP contribution in [0, 0.1) is 0 Å². The molecule has 3 N–H and O–H groups in total. The highest BCUT2D eigenvalue weighted by atomic mass is 16.2. The lowest BCUT2D eigenvalue weighted by Crippen LogP contribution is -2.53. The third kappa shape index (κ3) is 3.68. The fourth-order valence-corrected chi connectivity index (χ4v) is 1.73. The molecule has 1 fully saturated rings. The summed E-state index contributed by atoms with van der Waals surface area (Å²) in [6, 6.07) is 0.586. The molecule has 1 saturated heterocycles. The Hall–Kier alpha value is -0.810. The molecule has 1 heterocycles. The number of nitrogens with zero attached hydrogens (tertiary/aromatic N) is 2. The maximum atomic E-state index is 11.6. The smallest absolute Gasteiger partial charge is 0.317 e. The maximum Gasteiger partial charge on any atom is 0.317 e. The minimum absolute atomic E-state index is 0.0175. The van der Waals surface area contributed by atoms with Gasteiger partial charge in [0.2, 0.25) is 0 Å². The molecule has 1 aliphatic rings. The molecule has 1 rings (SSSR count). The summed E-state index contributed by atoms with van der Waals surface area (Å²) in [6.45, 7) is 8.99. The van der Waals surface area contributed by atoms with Crippen LogP contribution in [0.4, 0.5) is 4.79 Å². The predicted octanol–water partition coefficient (Wildman–Crippen LogP) is -0.319. The molecule has 0 radical (unpaired) electrons. The molecular formula is C10H22N4O. The summed E-state index contributed by atoms with van der Waals surface area (Å²) in [5.74, 6) is 0. The Balaban J connectivity index is 2.27. The van der Waals surface area contributed by atoms with Crippen LogP contribution < -0.4 is 11.1 Å².